The average Bonchev–Trinajstić information content (AvgIpc) is 3.73. The number of nitrogens with one attached hydrogen (secondary N) is 2. The van der Waals surface area contributed by atoms with Crippen LogP contribution in [0.1, 0.15) is 36.2 Å². The number of rotatable bonds is 13. The highest BCUT2D eigenvalue weighted by Gasteiger charge is 2.35. The van der Waals surface area contributed by atoms with E-state index in [4.69, 9.17) is 4.74 Å². The van der Waals surface area contributed by atoms with Gasteiger partial charge in [0.1, 0.15) is 18.8 Å². The fourth-order valence-electron chi connectivity index (χ4n) is 5.27. The number of carboxylic acid groups (broad SMARTS) is 2. The second-order valence-electron chi connectivity index (χ2n) is 10.7. The van der Waals surface area contributed by atoms with Gasteiger partial charge in [0.15, 0.2) is 12.3 Å². The molecule has 2 aliphatic rings. The summed E-state index contributed by atoms with van der Waals surface area (Å²) in [7, 11) is 0. The zero-order chi connectivity index (χ0) is 33.2. The molecule has 2 atom stereocenters. The zero-order valence-electron chi connectivity index (χ0n) is 25.0. The van der Waals surface area contributed by atoms with Crippen molar-refractivity contribution in [2.45, 2.75) is 37.8 Å². The van der Waals surface area contributed by atoms with Gasteiger partial charge in [-0.05, 0) is 31.4 Å². The van der Waals surface area contributed by atoms with Gasteiger partial charge in [-0.1, -0.05) is 18.2 Å². The van der Waals surface area contributed by atoms with Crippen molar-refractivity contribution in [2.24, 2.45) is 0 Å². The number of alkyl halides is 1. The van der Waals surface area contributed by atoms with Crippen LogP contribution in [0, 0.1) is 0 Å². The van der Waals surface area contributed by atoms with Crippen LogP contribution in [0.15, 0.2) is 36.4 Å². The van der Waals surface area contributed by atoms with Gasteiger partial charge in [0.05, 0.1) is 5.69 Å². The molecule has 0 unspecified atom stereocenters. The number of ether oxygens (including phenoxy) is 1. The van der Waals surface area contributed by atoms with Crippen molar-refractivity contribution in [3.8, 4) is 11.6 Å². The number of carboxylic acids is 1. The third-order valence-corrected chi connectivity index (χ3v) is 7.64. The number of aliphatic carboxylic acids is 1. The van der Waals surface area contributed by atoms with Crippen molar-refractivity contribution in [1.82, 2.24) is 35.1 Å². The molecule has 2 aromatic rings. The lowest BCUT2D eigenvalue weighted by atomic mass is 10.1. The quantitative estimate of drug-likeness (QED) is 0.232. The third kappa shape index (κ3) is 8.48. The van der Waals surface area contributed by atoms with Gasteiger partial charge < -0.3 is 40.3 Å². The molecule has 4 N–H and O–H groups in total. The highest BCUT2D eigenvalue weighted by atomic mass is 19.1. The molecule has 5 amide bonds. The van der Waals surface area contributed by atoms with Gasteiger partial charge in [-0.3, -0.25) is 24.0 Å². The van der Waals surface area contributed by atoms with Crippen LogP contribution in [0.2, 0.25) is 0 Å². The highest BCUT2D eigenvalue weighted by Crippen LogP contribution is 2.22. The van der Waals surface area contributed by atoms with Crippen LogP contribution >= 0.6 is 0 Å². The molecule has 17 heteroatoms. The Balaban J connectivity index is 1.49. The number of aromatic nitrogens is 2. The summed E-state index contributed by atoms with van der Waals surface area (Å²) >= 11 is 0. The Hall–Kier alpha value is -5.22. The van der Waals surface area contributed by atoms with Crippen LogP contribution in [0.4, 0.5) is 9.18 Å². The molecule has 2 saturated heterocycles. The summed E-state index contributed by atoms with van der Waals surface area (Å²) in [6.07, 6.45) is -0.734. The zero-order valence-corrected chi connectivity index (χ0v) is 25.0. The Morgan fingerprint density at radius 3 is 2.35 bits per heavy atom. The number of nitrogens with zero attached hydrogens (tertiary/aromatic N) is 5. The molecule has 16 nitrogen and oxygen atoms in total. The monoisotopic (exact) mass is 645 g/mol. The number of hydrogen-bond donors (Lipinski definition) is 4. The van der Waals surface area contributed by atoms with E-state index >= 15 is 0 Å². The molecule has 1 aromatic carbocycles. The van der Waals surface area contributed by atoms with E-state index in [1.165, 1.54) is 20.5 Å². The van der Waals surface area contributed by atoms with E-state index in [-0.39, 0.29) is 50.7 Å². The molecule has 4 rings (SSSR count). The summed E-state index contributed by atoms with van der Waals surface area (Å²) in [5.41, 5.74) is 0.309. The molecule has 0 bridgehead atoms. The van der Waals surface area contributed by atoms with Gasteiger partial charge in [-0.25, -0.2) is 13.9 Å². The van der Waals surface area contributed by atoms with Crippen LogP contribution in [-0.4, -0.2) is 135 Å². The highest BCUT2D eigenvalue weighted by molar-refractivity contribution is 5.96. The summed E-state index contributed by atoms with van der Waals surface area (Å²) in [6.45, 7) is -0.757. The minimum Gasteiger partial charge on any atom is -0.481 e. The number of benzene rings is 1. The summed E-state index contributed by atoms with van der Waals surface area (Å²) in [6, 6.07) is 7.87. The van der Waals surface area contributed by atoms with Crippen molar-refractivity contribution in [3.63, 3.8) is 0 Å². The van der Waals surface area contributed by atoms with Crippen molar-refractivity contribution < 1.29 is 48.1 Å². The minimum absolute atomic E-state index is 0.0144. The van der Waals surface area contributed by atoms with Crippen molar-refractivity contribution in [3.05, 3.63) is 42.1 Å². The van der Waals surface area contributed by atoms with Crippen LogP contribution in [0.5, 0.6) is 5.88 Å². The van der Waals surface area contributed by atoms with Crippen molar-refractivity contribution >= 4 is 35.7 Å². The molecule has 46 heavy (non-hydrogen) atoms. The first-order valence-electron chi connectivity index (χ1n) is 14.8. The standard InChI is InChI=1S/C29H36FN7O9/c30-10-11-31-27(42)22-7-4-12-36(22)23(38)18-46-24-17-21(33-37(24)19-5-2-1-3-6-19)26(41)32-20(8-9-25(39)40)28(43)34-13-15-35(16-14-34)29(44)45/h1-3,5-6,17,20,22H,4,7-16,18H2,(H,31,42)(H,32,41)(H,39,40)(H,44,45)/t20-,22-/m0/s1. The Bertz CT molecular complexity index is 1430. The number of likely N-dealkylation sites (tertiary alicyclic amines) is 1. The van der Waals surface area contributed by atoms with E-state index in [0.717, 1.165) is 4.90 Å². The maximum atomic E-state index is 13.4. The van der Waals surface area contributed by atoms with E-state index in [1.54, 1.807) is 30.3 Å². The molecule has 0 radical (unpaired) electrons. The first kappa shape index (κ1) is 33.7. The smallest absolute Gasteiger partial charge is 0.407 e. The Labute approximate surface area is 263 Å². The van der Waals surface area contributed by atoms with Gasteiger partial charge in [0.2, 0.25) is 17.7 Å². The molecular weight excluding hydrogens is 609 g/mol. The molecule has 1 aromatic heterocycles. The van der Waals surface area contributed by atoms with E-state index in [2.05, 4.69) is 15.7 Å². The van der Waals surface area contributed by atoms with E-state index in [1.807, 2.05) is 0 Å². The van der Waals surface area contributed by atoms with Crippen LogP contribution in [0.25, 0.3) is 5.69 Å². The average molecular weight is 646 g/mol. The lowest BCUT2D eigenvalue weighted by Gasteiger charge is -2.35. The van der Waals surface area contributed by atoms with Gasteiger partial charge >= 0.3 is 12.1 Å². The number of carbonyl (C=O) groups is 6. The number of carbonyl (C=O) groups excluding carboxylic acids is 4. The fourth-order valence-corrected chi connectivity index (χ4v) is 5.27. The topological polar surface area (TPSA) is 204 Å². The maximum absolute atomic E-state index is 13.4. The predicted molar refractivity (Wildman–Crippen MR) is 157 cm³/mol. The second kappa shape index (κ2) is 15.7. The Morgan fingerprint density at radius 1 is 1.00 bits per heavy atom. The van der Waals surface area contributed by atoms with Crippen LogP contribution in [0.3, 0.4) is 0 Å². The molecule has 0 saturated carbocycles. The molecular formula is C29H36FN7O9. The van der Waals surface area contributed by atoms with Gasteiger partial charge in [-0.2, -0.15) is 5.10 Å². The molecule has 0 aliphatic carbocycles. The van der Waals surface area contributed by atoms with Crippen molar-refractivity contribution in [2.75, 3.05) is 52.6 Å². The summed E-state index contributed by atoms with van der Waals surface area (Å²) in [4.78, 5) is 78.6. The molecule has 0 spiro atoms. The largest absolute Gasteiger partial charge is 0.481 e. The first-order chi connectivity index (χ1) is 22.1. The van der Waals surface area contributed by atoms with Gasteiger partial charge in [0.25, 0.3) is 11.8 Å². The number of halogens is 1. The molecule has 248 valence electrons. The van der Waals surface area contributed by atoms with Crippen LogP contribution in [-0.2, 0) is 19.2 Å². The summed E-state index contributed by atoms with van der Waals surface area (Å²) in [5, 5.41) is 27.7. The number of amides is 5. The fraction of sp³-hybridized carbons (Fsp3) is 0.483. The predicted octanol–water partition coefficient (Wildman–Crippen LogP) is 0.113. The maximum Gasteiger partial charge on any atom is 0.407 e. The summed E-state index contributed by atoms with van der Waals surface area (Å²) in [5.74, 6) is -3.46. The molecule has 2 aliphatic heterocycles. The minimum atomic E-state index is -1.23. The Morgan fingerprint density at radius 2 is 1.70 bits per heavy atom. The van der Waals surface area contributed by atoms with E-state index < -0.39 is 67.5 Å². The third-order valence-electron chi connectivity index (χ3n) is 7.64. The molecule has 2 fully saturated rings. The number of piperazine rings is 1. The van der Waals surface area contributed by atoms with Gasteiger partial charge in [-0.15, -0.1) is 0 Å². The lowest BCUT2D eigenvalue weighted by Crippen LogP contribution is -2.55. The number of hydrogen-bond acceptors (Lipinski definition) is 8. The molecule has 3 heterocycles. The Kier molecular flexibility index (Phi) is 11.5. The second-order valence-corrected chi connectivity index (χ2v) is 10.7. The normalized spacial score (nSPS) is 16.9. The lowest BCUT2D eigenvalue weighted by molar-refractivity contribution is -0.140. The summed E-state index contributed by atoms with van der Waals surface area (Å²) < 4.78 is 19.6. The van der Waals surface area contributed by atoms with E-state index in [0.29, 0.717) is 25.1 Å². The van der Waals surface area contributed by atoms with Crippen LogP contribution < -0.4 is 15.4 Å². The van der Waals surface area contributed by atoms with Crippen molar-refractivity contribution in [1.29, 1.82) is 0 Å². The first-order valence-corrected chi connectivity index (χ1v) is 14.8. The number of para-hydroxylation sites is 1. The van der Waals surface area contributed by atoms with Gasteiger partial charge in [0, 0.05) is 51.8 Å². The SMILES string of the molecule is O=C(O)CC[C@H](NC(=O)c1cc(OCC(=O)N2CCC[C@H]2C(=O)NCCF)n(-c2ccccc2)n1)C(=O)N1CCN(C(=O)O)CC1. The van der Waals surface area contributed by atoms with E-state index in [9.17, 15) is 43.4 Å².